The van der Waals surface area contributed by atoms with Crippen molar-refractivity contribution in [1.82, 2.24) is 0 Å². The third-order valence-electron chi connectivity index (χ3n) is 2.36. The summed E-state index contributed by atoms with van der Waals surface area (Å²) >= 11 is 0. The lowest BCUT2D eigenvalue weighted by atomic mass is 9.74. The van der Waals surface area contributed by atoms with Crippen LogP contribution in [0.4, 0.5) is 8.78 Å². The van der Waals surface area contributed by atoms with Gasteiger partial charge < -0.3 is 0 Å². The average molecular weight is 172 g/mol. The van der Waals surface area contributed by atoms with E-state index in [0.29, 0.717) is 5.57 Å². The molecule has 0 saturated heterocycles. The minimum atomic E-state index is -0.866. The lowest BCUT2D eigenvalue weighted by Crippen LogP contribution is -2.35. The first-order chi connectivity index (χ1) is 5.52. The molecule has 0 bridgehead atoms. The molecule has 3 atom stereocenters. The predicted octanol–water partition coefficient (Wildman–Crippen LogP) is 3.41. The van der Waals surface area contributed by atoms with E-state index in [9.17, 15) is 8.78 Å². The van der Waals surface area contributed by atoms with Crippen LogP contribution in [0.5, 0.6) is 0 Å². The van der Waals surface area contributed by atoms with Gasteiger partial charge in [0.15, 0.2) is 0 Å². The summed E-state index contributed by atoms with van der Waals surface area (Å²) in [7, 11) is 0. The fourth-order valence-electron chi connectivity index (χ4n) is 1.41. The molecule has 0 amide bonds. The second-order valence-electron chi connectivity index (χ2n) is 3.62. The molecule has 0 aromatic rings. The van der Waals surface area contributed by atoms with Gasteiger partial charge in [-0.15, -0.1) is 0 Å². The smallest absolute Gasteiger partial charge is 0.121 e. The second-order valence-corrected chi connectivity index (χ2v) is 3.62. The summed E-state index contributed by atoms with van der Waals surface area (Å²) in [6, 6.07) is 0. The van der Waals surface area contributed by atoms with Crippen molar-refractivity contribution < 1.29 is 8.78 Å². The molecule has 1 fully saturated rings. The van der Waals surface area contributed by atoms with Crippen LogP contribution < -0.4 is 0 Å². The first-order valence-electron chi connectivity index (χ1n) is 4.19. The average Bonchev–Trinajstić information content (AvgIpc) is 2.03. The zero-order valence-electron chi connectivity index (χ0n) is 7.48. The van der Waals surface area contributed by atoms with Crippen LogP contribution in [-0.4, -0.2) is 6.17 Å². The molecule has 0 aromatic heterocycles. The molecule has 1 saturated carbocycles. The van der Waals surface area contributed by atoms with Crippen LogP contribution in [0.2, 0.25) is 0 Å². The van der Waals surface area contributed by atoms with E-state index in [1.165, 1.54) is 6.08 Å². The maximum absolute atomic E-state index is 13.0. The van der Waals surface area contributed by atoms with Crippen molar-refractivity contribution in [2.24, 2.45) is 11.8 Å². The van der Waals surface area contributed by atoms with E-state index < -0.39 is 6.17 Å². The SMILES string of the molecule is C=C(C)/C(F)=C\C1CC(C)C1F. The van der Waals surface area contributed by atoms with E-state index in [-0.39, 0.29) is 17.7 Å². The fraction of sp³-hybridized carbons (Fsp3) is 0.600. The Kier molecular flexibility index (Phi) is 2.65. The highest BCUT2D eigenvalue weighted by atomic mass is 19.1. The van der Waals surface area contributed by atoms with Crippen molar-refractivity contribution >= 4 is 0 Å². The van der Waals surface area contributed by atoms with Crippen molar-refractivity contribution in [3.63, 3.8) is 0 Å². The van der Waals surface area contributed by atoms with Gasteiger partial charge in [0.1, 0.15) is 12.0 Å². The Hall–Kier alpha value is -0.660. The van der Waals surface area contributed by atoms with Crippen LogP contribution in [0.15, 0.2) is 24.1 Å². The highest BCUT2D eigenvalue weighted by Crippen LogP contribution is 2.38. The molecule has 3 unspecified atom stereocenters. The Morgan fingerprint density at radius 3 is 2.50 bits per heavy atom. The van der Waals surface area contributed by atoms with Gasteiger partial charge in [-0.3, -0.25) is 0 Å². The van der Waals surface area contributed by atoms with E-state index in [4.69, 9.17) is 0 Å². The lowest BCUT2D eigenvalue weighted by Gasteiger charge is -2.35. The summed E-state index contributed by atoms with van der Waals surface area (Å²) in [5.41, 5.74) is 0.377. The molecular weight excluding hydrogens is 158 g/mol. The van der Waals surface area contributed by atoms with Gasteiger partial charge in [0.25, 0.3) is 0 Å². The molecule has 68 valence electrons. The van der Waals surface area contributed by atoms with Crippen LogP contribution in [0.3, 0.4) is 0 Å². The summed E-state index contributed by atoms with van der Waals surface area (Å²) in [4.78, 5) is 0. The molecule has 0 heterocycles. The van der Waals surface area contributed by atoms with Crippen LogP contribution in [0.1, 0.15) is 20.3 Å². The first-order valence-corrected chi connectivity index (χ1v) is 4.19. The van der Waals surface area contributed by atoms with E-state index in [0.717, 1.165) is 6.42 Å². The summed E-state index contributed by atoms with van der Waals surface area (Å²) in [6.07, 6.45) is 1.24. The largest absolute Gasteiger partial charge is 0.247 e. The number of hydrogen-bond acceptors (Lipinski definition) is 0. The van der Waals surface area contributed by atoms with Gasteiger partial charge in [-0.1, -0.05) is 13.5 Å². The molecule has 1 aliphatic carbocycles. The van der Waals surface area contributed by atoms with Crippen LogP contribution in [0.25, 0.3) is 0 Å². The minimum absolute atomic E-state index is 0.0872. The Bertz CT molecular complexity index is 218. The zero-order chi connectivity index (χ0) is 9.30. The molecule has 0 nitrogen and oxygen atoms in total. The maximum atomic E-state index is 13.0. The topological polar surface area (TPSA) is 0 Å². The van der Waals surface area contributed by atoms with Crippen molar-refractivity contribution in [2.75, 3.05) is 0 Å². The Labute approximate surface area is 72.0 Å². The molecule has 2 heteroatoms. The highest BCUT2D eigenvalue weighted by Gasteiger charge is 2.37. The molecule has 0 radical (unpaired) electrons. The molecule has 1 aliphatic rings. The van der Waals surface area contributed by atoms with Gasteiger partial charge in [0, 0.05) is 5.92 Å². The number of allylic oxidation sites excluding steroid dienone is 3. The standard InChI is InChI=1S/C10H14F2/c1-6(2)9(11)5-8-4-7(3)10(8)12/h5,7-8,10H,1,4H2,2-3H3/b9-5+. The van der Waals surface area contributed by atoms with Crippen molar-refractivity contribution in [3.05, 3.63) is 24.1 Å². The van der Waals surface area contributed by atoms with Gasteiger partial charge in [0.05, 0.1) is 0 Å². The fourth-order valence-corrected chi connectivity index (χ4v) is 1.41. The quantitative estimate of drug-likeness (QED) is 0.560. The van der Waals surface area contributed by atoms with E-state index in [2.05, 4.69) is 6.58 Å². The summed E-state index contributed by atoms with van der Waals surface area (Å²) < 4.78 is 25.9. The summed E-state index contributed by atoms with van der Waals surface area (Å²) in [5.74, 6) is -0.504. The molecule has 1 rings (SSSR count). The Balaban J connectivity index is 2.53. The molecule has 0 aromatic carbocycles. The van der Waals surface area contributed by atoms with Crippen LogP contribution in [0, 0.1) is 11.8 Å². The molecule has 0 aliphatic heterocycles. The predicted molar refractivity (Wildman–Crippen MR) is 46.2 cm³/mol. The van der Waals surface area contributed by atoms with E-state index >= 15 is 0 Å². The minimum Gasteiger partial charge on any atom is -0.247 e. The number of halogens is 2. The lowest BCUT2D eigenvalue weighted by molar-refractivity contribution is 0.0713. The molecular formula is C10H14F2. The number of rotatable bonds is 2. The van der Waals surface area contributed by atoms with Crippen molar-refractivity contribution in [1.29, 1.82) is 0 Å². The van der Waals surface area contributed by atoms with Gasteiger partial charge in [0.2, 0.25) is 0 Å². The number of hydrogen-bond donors (Lipinski definition) is 0. The third-order valence-corrected chi connectivity index (χ3v) is 2.36. The Morgan fingerprint density at radius 1 is 1.58 bits per heavy atom. The normalized spacial score (nSPS) is 36.0. The van der Waals surface area contributed by atoms with Crippen LogP contribution in [-0.2, 0) is 0 Å². The number of alkyl halides is 1. The molecule has 12 heavy (non-hydrogen) atoms. The molecule has 0 N–H and O–H groups in total. The highest BCUT2D eigenvalue weighted by molar-refractivity contribution is 5.21. The monoisotopic (exact) mass is 172 g/mol. The summed E-state index contributed by atoms with van der Waals surface area (Å²) in [6.45, 7) is 6.87. The summed E-state index contributed by atoms with van der Waals surface area (Å²) in [5, 5.41) is 0. The Morgan fingerprint density at radius 2 is 2.17 bits per heavy atom. The molecule has 0 spiro atoms. The van der Waals surface area contributed by atoms with Gasteiger partial charge in [-0.25, -0.2) is 8.78 Å². The van der Waals surface area contributed by atoms with Gasteiger partial charge >= 0.3 is 0 Å². The van der Waals surface area contributed by atoms with Crippen molar-refractivity contribution in [3.8, 4) is 0 Å². The second kappa shape index (κ2) is 3.38. The maximum Gasteiger partial charge on any atom is 0.121 e. The third kappa shape index (κ3) is 1.74. The zero-order valence-corrected chi connectivity index (χ0v) is 7.48. The van der Waals surface area contributed by atoms with E-state index in [1.54, 1.807) is 6.92 Å². The van der Waals surface area contributed by atoms with Gasteiger partial charge in [-0.2, -0.15) is 0 Å². The first kappa shape index (κ1) is 9.43. The van der Waals surface area contributed by atoms with Gasteiger partial charge in [-0.05, 0) is 30.9 Å². The van der Waals surface area contributed by atoms with E-state index in [1.807, 2.05) is 6.92 Å². The van der Waals surface area contributed by atoms with Crippen molar-refractivity contribution in [2.45, 2.75) is 26.4 Å². The van der Waals surface area contributed by atoms with Crippen LogP contribution >= 0.6 is 0 Å².